The quantitative estimate of drug-likeness (QED) is 0.845. The number of rotatable bonds is 2. The van der Waals surface area contributed by atoms with Gasteiger partial charge in [-0.2, -0.15) is 5.26 Å². The summed E-state index contributed by atoms with van der Waals surface area (Å²) in [6.45, 7) is 0. The lowest BCUT2D eigenvalue weighted by molar-refractivity contribution is -0.124. The summed E-state index contributed by atoms with van der Waals surface area (Å²) in [5.74, 6) is -0.226. The molecule has 23 heavy (non-hydrogen) atoms. The molecule has 1 spiro atoms. The highest BCUT2D eigenvalue weighted by Gasteiger charge is 2.53. The lowest BCUT2D eigenvalue weighted by Crippen LogP contribution is -2.68. The fraction of sp³-hybridized carbons (Fsp3) is 0.471. The van der Waals surface area contributed by atoms with Crippen molar-refractivity contribution in [1.82, 2.24) is 5.32 Å². The van der Waals surface area contributed by atoms with Crippen molar-refractivity contribution in [1.29, 1.82) is 5.26 Å². The van der Waals surface area contributed by atoms with Crippen LogP contribution in [0.25, 0.3) is 0 Å². The maximum atomic E-state index is 12.3. The van der Waals surface area contributed by atoms with Crippen molar-refractivity contribution in [2.75, 3.05) is 12.0 Å². The van der Waals surface area contributed by atoms with Gasteiger partial charge in [-0.1, -0.05) is 19.3 Å². The predicted octanol–water partition coefficient (Wildman–Crippen LogP) is 2.76. The van der Waals surface area contributed by atoms with Gasteiger partial charge in [0.15, 0.2) is 5.11 Å². The van der Waals surface area contributed by atoms with Crippen molar-refractivity contribution in [3.63, 3.8) is 0 Å². The average molecular weight is 329 g/mol. The first-order valence-electron chi connectivity index (χ1n) is 7.81. The lowest BCUT2D eigenvalue weighted by atomic mass is 9.70. The molecule has 1 amide bonds. The van der Waals surface area contributed by atoms with Crippen LogP contribution >= 0.6 is 12.2 Å². The highest BCUT2D eigenvalue weighted by molar-refractivity contribution is 7.80. The SMILES string of the molecule is COc1ccc(N2C(=S)NC(=O)[C@H](C#N)C23CCCCC3)cc1. The topological polar surface area (TPSA) is 65.4 Å². The van der Waals surface area contributed by atoms with Crippen LogP contribution in [0.15, 0.2) is 24.3 Å². The summed E-state index contributed by atoms with van der Waals surface area (Å²) in [6.07, 6.45) is 4.72. The Balaban J connectivity index is 2.08. The molecule has 1 aliphatic carbocycles. The van der Waals surface area contributed by atoms with Crippen LogP contribution in [0.2, 0.25) is 0 Å². The van der Waals surface area contributed by atoms with Gasteiger partial charge < -0.3 is 15.0 Å². The molecule has 120 valence electrons. The summed E-state index contributed by atoms with van der Waals surface area (Å²) in [4.78, 5) is 14.3. The van der Waals surface area contributed by atoms with Gasteiger partial charge in [-0.25, -0.2) is 0 Å². The van der Waals surface area contributed by atoms with Crippen molar-refractivity contribution in [3.8, 4) is 11.8 Å². The number of ether oxygens (including phenoxy) is 1. The molecule has 1 N–H and O–H groups in total. The Morgan fingerprint density at radius 2 is 1.96 bits per heavy atom. The normalized spacial score (nSPS) is 23.3. The number of nitrogens with one attached hydrogen (secondary N) is 1. The molecular formula is C17H19N3O2S. The van der Waals surface area contributed by atoms with E-state index in [-0.39, 0.29) is 5.91 Å². The lowest BCUT2D eigenvalue weighted by Gasteiger charge is -2.52. The maximum Gasteiger partial charge on any atom is 0.245 e. The number of amides is 1. The molecule has 0 unspecified atom stereocenters. The van der Waals surface area contributed by atoms with E-state index in [1.165, 1.54) is 0 Å². The zero-order valence-corrected chi connectivity index (χ0v) is 13.9. The van der Waals surface area contributed by atoms with Gasteiger partial charge in [-0.15, -0.1) is 0 Å². The number of hydrogen-bond acceptors (Lipinski definition) is 4. The third-order valence-electron chi connectivity index (χ3n) is 4.86. The Kier molecular flexibility index (Phi) is 4.22. The third-order valence-corrected chi connectivity index (χ3v) is 5.14. The van der Waals surface area contributed by atoms with E-state index in [1.807, 2.05) is 29.2 Å². The fourth-order valence-corrected chi connectivity index (χ4v) is 4.16. The van der Waals surface area contributed by atoms with Crippen LogP contribution in [-0.2, 0) is 4.79 Å². The van der Waals surface area contributed by atoms with Crippen LogP contribution < -0.4 is 15.0 Å². The molecule has 0 bridgehead atoms. The number of carbonyl (C=O) groups excluding carboxylic acids is 1. The molecule has 0 aromatic heterocycles. The summed E-state index contributed by atoms with van der Waals surface area (Å²) in [5, 5.41) is 12.7. The van der Waals surface area contributed by atoms with E-state index in [9.17, 15) is 10.1 Å². The van der Waals surface area contributed by atoms with Crippen LogP contribution in [0.5, 0.6) is 5.75 Å². The Morgan fingerprint density at radius 3 is 2.52 bits per heavy atom. The van der Waals surface area contributed by atoms with Crippen LogP contribution in [0.1, 0.15) is 32.1 Å². The number of carbonyl (C=O) groups is 1. The zero-order valence-electron chi connectivity index (χ0n) is 13.0. The van der Waals surface area contributed by atoms with Crippen molar-refractivity contribution in [2.45, 2.75) is 37.6 Å². The number of nitrogens with zero attached hydrogens (tertiary/aromatic N) is 2. The second-order valence-corrected chi connectivity index (χ2v) is 6.44. The molecule has 1 heterocycles. The third kappa shape index (κ3) is 2.55. The van der Waals surface area contributed by atoms with E-state index in [1.54, 1.807) is 7.11 Å². The standard InChI is InChI=1S/C17H19N3O2S/c1-22-13-7-5-12(6-8-13)20-16(23)19-15(21)14(11-18)17(20)9-3-2-4-10-17/h5-8,14H,2-4,9-10H2,1H3,(H,19,21,23)/t14-/m0/s1. The minimum absolute atomic E-state index is 0.274. The molecule has 1 saturated heterocycles. The highest BCUT2D eigenvalue weighted by atomic mass is 32.1. The second-order valence-electron chi connectivity index (χ2n) is 6.05. The van der Waals surface area contributed by atoms with E-state index >= 15 is 0 Å². The van der Waals surface area contributed by atoms with E-state index in [2.05, 4.69) is 11.4 Å². The number of anilines is 1. The van der Waals surface area contributed by atoms with Crippen LogP contribution in [0, 0.1) is 17.2 Å². The molecule has 3 rings (SSSR count). The average Bonchev–Trinajstić information content (AvgIpc) is 2.56. The van der Waals surface area contributed by atoms with Crippen LogP contribution in [0.3, 0.4) is 0 Å². The van der Waals surface area contributed by atoms with Crippen molar-refractivity contribution in [2.24, 2.45) is 5.92 Å². The first-order chi connectivity index (χ1) is 11.1. The van der Waals surface area contributed by atoms with Crippen molar-refractivity contribution in [3.05, 3.63) is 24.3 Å². The number of hydrogen-bond donors (Lipinski definition) is 1. The molecule has 1 aliphatic heterocycles. The maximum absolute atomic E-state index is 12.3. The Bertz CT molecular complexity index is 659. The molecule has 2 aliphatic rings. The first-order valence-corrected chi connectivity index (χ1v) is 8.22. The number of benzene rings is 1. The Labute approximate surface area is 141 Å². The predicted molar refractivity (Wildman–Crippen MR) is 91.1 cm³/mol. The molecule has 1 saturated carbocycles. The van der Waals surface area contributed by atoms with E-state index in [0.717, 1.165) is 43.5 Å². The molecule has 0 radical (unpaired) electrons. The van der Waals surface area contributed by atoms with Crippen LogP contribution in [0.4, 0.5) is 5.69 Å². The molecule has 6 heteroatoms. The minimum Gasteiger partial charge on any atom is -0.497 e. The number of nitriles is 1. The molecule has 5 nitrogen and oxygen atoms in total. The van der Waals surface area contributed by atoms with Crippen LogP contribution in [-0.4, -0.2) is 23.7 Å². The summed E-state index contributed by atoms with van der Waals surface area (Å²) in [6, 6.07) is 9.80. The second kappa shape index (κ2) is 6.17. The van der Waals surface area contributed by atoms with Crippen molar-refractivity contribution >= 4 is 28.9 Å². The summed E-state index contributed by atoms with van der Waals surface area (Å²) < 4.78 is 5.21. The van der Waals surface area contributed by atoms with Gasteiger partial charge in [0.05, 0.1) is 18.7 Å². The fourth-order valence-electron chi connectivity index (χ4n) is 3.77. The Hall–Kier alpha value is -2.13. The molecule has 1 aromatic rings. The molecular weight excluding hydrogens is 310 g/mol. The van der Waals surface area contributed by atoms with Gasteiger partial charge in [0.2, 0.25) is 5.91 Å². The monoisotopic (exact) mass is 329 g/mol. The minimum atomic E-state index is -0.711. The van der Waals surface area contributed by atoms with Crippen molar-refractivity contribution < 1.29 is 9.53 Å². The molecule has 1 atom stereocenters. The van der Waals surface area contributed by atoms with E-state index in [4.69, 9.17) is 17.0 Å². The molecule has 1 aromatic carbocycles. The first kappa shape index (κ1) is 15.8. The van der Waals surface area contributed by atoms with E-state index in [0.29, 0.717) is 5.11 Å². The number of thiocarbonyl (C=S) groups is 1. The van der Waals surface area contributed by atoms with Gasteiger partial charge >= 0.3 is 0 Å². The Morgan fingerprint density at radius 1 is 1.30 bits per heavy atom. The highest BCUT2D eigenvalue weighted by Crippen LogP contribution is 2.44. The zero-order chi connectivity index (χ0) is 16.4. The molecule has 2 fully saturated rings. The van der Waals surface area contributed by atoms with Gasteiger partial charge in [-0.05, 0) is 49.3 Å². The van der Waals surface area contributed by atoms with Gasteiger partial charge in [0, 0.05) is 5.69 Å². The van der Waals surface area contributed by atoms with Gasteiger partial charge in [0.25, 0.3) is 0 Å². The largest absolute Gasteiger partial charge is 0.497 e. The smallest absolute Gasteiger partial charge is 0.245 e. The summed E-state index contributed by atoms with van der Waals surface area (Å²) in [5.41, 5.74) is 0.346. The summed E-state index contributed by atoms with van der Waals surface area (Å²) in [7, 11) is 1.62. The van der Waals surface area contributed by atoms with Gasteiger partial charge in [-0.3, -0.25) is 4.79 Å². The summed E-state index contributed by atoms with van der Waals surface area (Å²) >= 11 is 5.46. The van der Waals surface area contributed by atoms with E-state index < -0.39 is 11.5 Å². The van der Waals surface area contributed by atoms with Gasteiger partial charge in [0.1, 0.15) is 11.7 Å². The number of methoxy groups -OCH3 is 1.